The lowest BCUT2D eigenvalue weighted by Crippen LogP contribution is -2.57. The number of hydrogen-bond acceptors (Lipinski definition) is 7. The summed E-state index contributed by atoms with van der Waals surface area (Å²) in [6, 6.07) is 12.2. The van der Waals surface area contributed by atoms with E-state index in [9.17, 15) is 27.6 Å². The quantitative estimate of drug-likeness (QED) is 0.141. The average Bonchev–Trinajstić information content (AvgIpc) is 3.06. The molecule has 260 valence electrons. The number of aromatic nitrogens is 2. The first kappa shape index (κ1) is 37.8. The lowest BCUT2D eigenvalue weighted by Gasteiger charge is -2.26. The van der Waals surface area contributed by atoms with Gasteiger partial charge < -0.3 is 26.0 Å². The van der Waals surface area contributed by atoms with Gasteiger partial charge >= 0.3 is 6.18 Å². The maximum atomic E-state index is 13.5. The number of para-hydroxylation sites is 1. The van der Waals surface area contributed by atoms with Gasteiger partial charge in [-0.25, -0.2) is 9.97 Å². The molecule has 0 spiro atoms. The number of rotatable bonds is 18. The van der Waals surface area contributed by atoms with Crippen molar-refractivity contribution in [1.29, 1.82) is 0 Å². The van der Waals surface area contributed by atoms with Crippen molar-refractivity contribution in [3.05, 3.63) is 83.7 Å². The molecule has 13 heteroatoms. The van der Waals surface area contributed by atoms with Gasteiger partial charge in [0.1, 0.15) is 17.8 Å². The summed E-state index contributed by atoms with van der Waals surface area (Å²) in [5, 5.41) is 11.3. The molecule has 10 nitrogen and oxygen atoms in total. The fourth-order valence-electron chi connectivity index (χ4n) is 4.88. The van der Waals surface area contributed by atoms with Gasteiger partial charge in [0.05, 0.1) is 12.2 Å². The molecule has 3 aromatic rings. The van der Waals surface area contributed by atoms with Crippen molar-refractivity contribution in [2.45, 2.75) is 71.6 Å². The highest BCUT2D eigenvalue weighted by atomic mass is 19.4. The largest absolute Gasteiger partial charge is 0.493 e. The first-order valence-corrected chi connectivity index (χ1v) is 16.1. The second-order valence-corrected chi connectivity index (χ2v) is 11.9. The minimum absolute atomic E-state index is 0.0278. The van der Waals surface area contributed by atoms with Gasteiger partial charge in [-0.3, -0.25) is 14.4 Å². The molecule has 2 aromatic carbocycles. The number of nitrogens with one attached hydrogen (secondary N) is 4. The second-order valence-electron chi connectivity index (χ2n) is 11.9. The minimum Gasteiger partial charge on any atom is -0.493 e. The van der Waals surface area contributed by atoms with Crippen LogP contribution in [0.5, 0.6) is 5.75 Å². The Labute approximate surface area is 279 Å². The predicted octanol–water partition coefficient (Wildman–Crippen LogP) is 4.95. The molecule has 0 fully saturated rings. The number of ether oxygens (including phenoxy) is 1. The highest BCUT2D eigenvalue weighted by Gasteiger charge is 2.32. The molecule has 1 heterocycles. The van der Waals surface area contributed by atoms with Crippen LogP contribution < -0.4 is 26.0 Å². The fraction of sp³-hybridized carbons (Fsp3) is 0.457. The number of nitrogens with zero attached hydrogens (tertiary/aromatic N) is 2. The number of anilines is 1. The van der Waals surface area contributed by atoms with Crippen LogP contribution in [0.3, 0.4) is 0 Å². The van der Waals surface area contributed by atoms with Crippen molar-refractivity contribution in [3.8, 4) is 5.75 Å². The zero-order valence-electron chi connectivity index (χ0n) is 27.8. The molecule has 0 aliphatic carbocycles. The van der Waals surface area contributed by atoms with Crippen molar-refractivity contribution >= 4 is 23.7 Å². The molecule has 3 amide bonds. The molecule has 0 radical (unpaired) electrons. The molecule has 0 aliphatic heterocycles. The molecular weight excluding hydrogens is 625 g/mol. The molecule has 0 unspecified atom stereocenters. The van der Waals surface area contributed by atoms with Gasteiger partial charge in [0.15, 0.2) is 0 Å². The Hall–Kier alpha value is -4.68. The first-order valence-electron chi connectivity index (χ1n) is 16.1. The Balaban J connectivity index is 1.64. The van der Waals surface area contributed by atoms with E-state index in [1.54, 1.807) is 26.8 Å². The van der Waals surface area contributed by atoms with E-state index >= 15 is 0 Å². The second kappa shape index (κ2) is 18.6. The van der Waals surface area contributed by atoms with Crippen molar-refractivity contribution in [2.75, 3.05) is 25.0 Å². The molecule has 1 aromatic heterocycles. The summed E-state index contributed by atoms with van der Waals surface area (Å²) in [4.78, 5) is 48.2. The third-order valence-corrected chi connectivity index (χ3v) is 7.51. The lowest BCUT2D eigenvalue weighted by atomic mass is 9.97. The molecule has 3 rings (SSSR count). The standard InChI is InChI=1S/C35H45F3N6O4/c1-5-19-48-29-15-7-6-12-26(29)13-9-16-39-32(46)28(22-42-34-40-17-10-18-41-34)43-33(47)30(23(2)3)44-31(45)24(4)20-25-11-8-14-27(21-25)35(36,37)38/h6-8,10-12,14-15,17-18,21,23-24,28,30H,5,9,13,16,19-20,22H2,1-4H3,(H,39,46)(H,43,47)(H,44,45)(H,40,41,42)/t24-,28+,30-/m1/s1. The maximum Gasteiger partial charge on any atom is 0.416 e. The summed E-state index contributed by atoms with van der Waals surface area (Å²) in [6.45, 7) is 8.03. The Morgan fingerprint density at radius 1 is 0.896 bits per heavy atom. The number of carbonyl (C=O) groups excluding carboxylic acids is 3. The maximum absolute atomic E-state index is 13.5. The summed E-state index contributed by atoms with van der Waals surface area (Å²) in [5.74, 6) is -1.52. The van der Waals surface area contributed by atoms with Gasteiger partial charge in [-0.15, -0.1) is 0 Å². The number of amides is 3. The summed E-state index contributed by atoms with van der Waals surface area (Å²) in [6.07, 6.45) is 0.812. The van der Waals surface area contributed by atoms with Crippen LogP contribution in [0.15, 0.2) is 67.0 Å². The number of halogens is 3. The molecule has 0 saturated carbocycles. The number of aryl methyl sites for hydroxylation is 1. The Kier molecular flexibility index (Phi) is 14.6. The Bertz CT molecular complexity index is 1470. The van der Waals surface area contributed by atoms with Crippen LogP contribution in [0, 0.1) is 11.8 Å². The Morgan fingerprint density at radius 2 is 1.62 bits per heavy atom. The Morgan fingerprint density at radius 3 is 2.31 bits per heavy atom. The molecule has 0 saturated heterocycles. The van der Waals surface area contributed by atoms with Gasteiger partial charge in [0, 0.05) is 31.4 Å². The fourth-order valence-corrected chi connectivity index (χ4v) is 4.88. The topological polar surface area (TPSA) is 134 Å². The van der Waals surface area contributed by atoms with E-state index < -0.39 is 47.5 Å². The summed E-state index contributed by atoms with van der Waals surface area (Å²) in [7, 11) is 0. The van der Waals surface area contributed by atoms with E-state index in [1.165, 1.54) is 24.5 Å². The number of carbonyl (C=O) groups is 3. The van der Waals surface area contributed by atoms with E-state index in [0.717, 1.165) is 29.9 Å². The van der Waals surface area contributed by atoms with E-state index in [0.29, 0.717) is 31.6 Å². The predicted molar refractivity (Wildman–Crippen MR) is 177 cm³/mol. The third kappa shape index (κ3) is 12.2. The van der Waals surface area contributed by atoms with Gasteiger partial charge in [-0.05, 0) is 60.9 Å². The van der Waals surface area contributed by atoms with Crippen LogP contribution in [-0.2, 0) is 33.4 Å². The normalized spacial score (nSPS) is 13.2. The highest BCUT2D eigenvalue weighted by Crippen LogP contribution is 2.30. The van der Waals surface area contributed by atoms with Crippen molar-refractivity contribution in [2.24, 2.45) is 11.8 Å². The van der Waals surface area contributed by atoms with Gasteiger partial charge in [0.2, 0.25) is 23.7 Å². The van der Waals surface area contributed by atoms with E-state index in [1.807, 2.05) is 31.2 Å². The van der Waals surface area contributed by atoms with Crippen LogP contribution >= 0.6 is 0 Å². The monoisotopic (exact) mass is 670 g/mol. The number of hydrogen-bond donors (Lipinski definition) is 4. The van der Waals surface area contributed by atoms with Crippen molar-refractivity contribution in [1.82, 2.24) is 25.9 Å². The SMILES string of the molecule is CCCOc1ccccc1CCCNC(=O)[C@H](CNc1ncccn1)NC(=O)[C@H](NC(=O)[C@H](C)Cc1cccc(C(F)(F)F)c1)C(C)C. The van der Waals surface area contributed by atoms with E-state index in [-0.39, 0.29) is 24.8 Å². The summed E-state index contributed by atoms with van der Waals surface area (Å²) in [5.41, 5.74) is 0.586. The zero-order valence-corrected chi connectivity index (χ0v) is 27.8. The van der Waals surface area contributed by atoms with E-state index in [4.69, 9.17) is 4.74 Å². The molecular formula is C35H45F3N6O4. The molecule has 4 N–H and O–H groups in total. The van der Waals surface area contributed by atoms with Crippen LogP contribution in [0.1, 0.15) is 57.2 Å². The summed E-state index contributed by atoms with van der Waals surface area (Å²) < 4.78 is 45.3. The van der Waals surface area contributed by atoms with Gasteiger partial charge in [-0.1, -0.05) is 64.1 Å². The third-order valence-electron chi connectivity index (χ3n) is 7.51. The van der Waals surface area contributed by atoms with Crippen LogP contribution in [0.2, 0.25) is 0 Å². The minimum atomic E-state index is -4.50. The summed E-state index contributed by atoms with van der Waals surface area (Å²) >= 11 is 0. The van der Waals surface area contributed by atoms with Crippen molar-refractivity contribution < 1.29 is 32.3 Å². The molecule has 0 aliphatic rings. The van der Waals surface area contributed by atoms with Crippen LogP contribution in [0.25, 0.3) is 0 Å². The number of benzene rings is 2. The molecule has 48 heavy (non-hydrogen) atoms. The average molecular weight is 671 g/mol. The molecule has 0 bridgehead atoms. The smallest absolute Gasteiger partial charge is 0.416 e. The first-order chi connectivity index (χ1) is 22.9. The van der Waals surface area contributed by atoms with Gasteiger partial charge in [-0.2, -0.15) is 13.2 Å². The molecule has 3 atom stereocenters. The van der Waals surface area contributed by atoms with Crippen LogP contribution in [0.4, 0.5) is 19.1 Å². The number of alkyl halides is 3. The highest BCUT2D eigenvalue weighted by molar-refractivity contribution is 5.92. The van der Waals surface area contributed by atoms with Gasteiger partial charge in [0.25, 0.3) is 0 Å². The van der Waals surface area contributed by atoms with E-state index in [2.05, 4.69) is 31.2 Å². The lowest BCUT2D eigenvalue weighted by molar-refractivity contribution is -0.137. The van der Waals surface area contributed by atoms with Crippen LogP contribution in [-0.4, -0.2) is 59.5 Å². The zero-order chi connectivity index (χ0) is 35.1. The van der Waals surface area contributed by atoms with Crippen molar-refractivity contribution in [3.63, 3.8) is 0 Å².